The van der Waals surface area contributed by atoms with Crippen molar-refractivity contribution in [3.8, 4) is 0 Å². The van der Waals surface area contributed by atoms with Gasteiger partial charge in [0.15, 0.2) is 0 Å². The Kier molecular flexibility index (Phi) is 3.36. The molecule has 1 aromatic rings. The van der Waals surface area contributed by atoms with Gasteiger partial charge in [0.25, 0.3) is 0 Å². The Labute approximate surface area is 152 Å². The van der Waals surface area contributed by atoms with Crippen LogP contribution in [0.3, 0.4) is 0 Å². The number of rotatable bonds is 4. The van der Waals surface area contributed by atoms with Crippen molar-refractivity contribution in [1.82, 2.24) is 4.90 Å². The molecule has 5 heteroatoms. The number of benzene rings is 1. The van der Waals surface area contributed by atoms with Crippen LogP contribution in [-0.2, 0) is 20.8 Å². The molecular formula is C21H22N2O3. The van der Waals surface area contributed by atoms with Crippen molar-refractivity contribution < 1.29 is 14.4 Å². The zero-order chi connectivity index (χ0) is 18.0. The number of hydrogen-bond donors (Lipinski definition) is 1. The van der Waals surface area contributed by atoms with Gasteiger partial charge in [-0.3, -0.25) is 19.3 Å². The molecule has 4 aliphatic carbocycles. The molecule has 0 radical (unpaired) electrons. The minimum atomic E-state index is -0.309. The van der Waals surface area contributed by atoms with Gasteiger partial charge in [-0.1, -0.05) is 37.3 Å². The van der Waals surface area contributed by atoms with Crippen LogP contribution in [0.4, 0.5) is 5.69 Å². The topological polar surface area (TPSA) is 66.5 Å². The number of anilines is 1. The number of likely N-dealkylation sites (tertiary alicyclic amines) is 1. The monoisotopic (exact) mass is 350 g/mol. The molecule has 5 aliphatic rings. The Morgan fingerprint density at radius 3 is 2.31 bits per heavy atom. The second-order valence-electron chi connectivity index (χ2n) is 7.98. The third-order valence-electron chi connectivity index (χ3n) is 6.73. The van der Waals surface area contributed by atoms with Crippen LogP contribution in [0.15, 0.2) is 36.4 Å². The smallest absolute Gasteiger partial charge is 0.244 e. The lowest BCUT2D eigenvalue weighted by Gasteiger charge is -2.37. The van der Waals surface area contributed by atoms with Gasteiger partial charge in [0.2, 0.25) is 17.7 Å². The maximum atomic E-state index is 12.9. The largest absolute Gasteiger partial charge is 0.324 e. The fourth-order valence-corrected chi connectivity index (χ4v) is 5.46. The van der Waals surface area contributed by atoms with Crippen LogP contribution in [0.5, 0.6) is 0 Å². The fourth-order valence-electron chi connectivity index (χ4n) is 5.46. The predicted molar refractivity (Wildman–Crippen MR) is 95.9 cm³/mol. The van der Waals surface area contributed by atoms with E-state index >= 15 is 0 Å². The SMILES string of the molecule is CCc1ccccc1NC(=O)CN1C(=O)[C@H]2[C@@H]3C=C[C@H]([C@H]4C[C@H]34)[C@@H]2C1=O. The number of nitrogens with one attached hydrogen (secondary N) is 1. The molecule has 0 spiro atoms. The van der Waals surface area contributed by atoms with E-state index < -0.39 is 0 Å². The number of amides is 3. The average molecular weight is 350 g/mol. The molecule has 134 valence electrons. The summed E-state index contributed by atoms with van der Waals surface area (Å²) in [6.07, 6.45) is 6.24. The summed E-state index contributed by atoms with van der Waals surface area (Å²) in [6, 6.07) is 7.61. The van der Waals surface area contributed by atoms with Crippen LogP contribution >= 0.6 is 0 Å². The highest BCUT2D eigenvalue weighted by atomic mass is 16.2. The molecule has 1 N–H and O–H groups in total. The summed E-state index contributed by atoms with van der Waals surface area (Å²) in [5.41, 5.74) is 1.79. The van der Waals surface area contributed by atoms with Gasteiger partial charge in [-0.2, -0.15) is 0 Å². The molecule has 0 aromatic heterocycles. The van der Waals surface area contributed by atoms with E-state index in [1.54, 1.807) is 0 Å². The van der Waals surface area contributed by atoms with Crippen LogP contribution in [0.1, 0.15) is 18.9 Å². The number of para-hydroxylation sites is 1. The van der Waals surface area contributed by atoms with Crippen molar-refractivity contribution in [2.75, 3.05) is 11.9 Å². The second-order valence-corrected chi connectivity index (χ2v) is 7.98. The molecule has 1 aromatic carbocycles. The molecule has 6 atom stereocenters. The van der Waals surface area contributed by atoms with E-state index in [0.717, 1.165) is 24.1 Å². The Bertz CT molecular complexity index is 809. The van der Waals surface area contributed by atoms with Gasteiger partial charge in [-0.05, 0) is 48.1 Å². The molecule has 1 saturated heterocycles. The first kappa shape index (κ1) is 15.8. The maximum Gasteiger partial charge on any atom is 0.244 e. The summed E-state index contributed by atoms with van der Waals surface area (Å²) in [5.74, 6) is 0.458. The van der Waals surface area contributed by atoms with E-state index in [0.29, 0.717) is 11.8 Å². The third-order valence-corrected chi connectivity index (χ3v) is 6.73. The van der Waals surface area contributed by atoms with Gasteiger partial charge >= 0.3 is 0 Å². The lowest BCUT2D eigenvalue weighted by Crippen LogP contribution is -2.40. The molecule has 1 aliphatic heterocycles. The van der Waals surface area contributed by atoms with Gasteiger partial charge in [0.05, 0.1) is 11.8 Å². The average Bonchev–Trinajstić information content (AvgIpc) is 3.43. The van der Waals surface area contributed by atoms with Crippen molar-refractivity contribution in [2.45, 2.75) is 19.8 Å². The lowest BCUT2D eigenvalue weighted by atomic mass is 9.63. The van der Waals surface area contributed by atoms with E-state index in [1.807, 2.05) is 31.2 Å². The summed E-state index contributed by atoms with van der Waals surface area (Å²) >= 11 is 0. The Morgan fingerprint density at radius 1 is 1.08 bits per heavy atom. The number of allylic oxidation sites excluding steroid dienone is 2. The number of nitrogens with zero attached hydrogens (tertiary/aromatic N) is 1. The molecule has 2 bridgehead atoms. The highest BCUT2D eigenvalue weighted by Gasteiger charge is 2.67. The third kappa shape index (κ3) is 2.12. The fraction of sp³-hybridized carbons (Fsp3) is 0.476. The van der Waals surface area contributed by atoms with Gasteiger partial charge in [-0.15, -0.1) is 0 Å². The van der Waals surface area contributed by atoms with Crippen LogP contribution < -0.4 is 5.32 Å². The summed E-state index contributed by atoms with van der Waals surface area (Å²) in [7, 11) is 0. The van der Waals surface area contributed by atoms with Crippen LogP contribution in [0.2, 0.25) is 0 Å². The minimum Gasteiger partial charge on any atom is -0.324 e. The standard InChI is InChI=1S/C21H22N2O3/c1-2-11-5-3-4-6-16(11)22-17(24)10-23-20(25)18-12-7-8-13(15-9-14(12)15)19(18)21(23)26/h3-8,12-15,18-19H,2,9-10H2,1H3,(H,22,24)/t12-,13-,14-,15-,18+,19+/m1/s1. The molecule has 0 unspecified atom stereocenters. The molecule has 3 fully saturated rings. The zero-order valence-corrected chi connectivity index (χ0v) is 14.7. The first-order chi connectivity index (χ1) is 12.6. The van der Waals surface area contributed by atoms with Crippen LogP contribution in [0.25, 0.3) is 0 Å². The van der Waals surface area contributed by atoms with Gasteiger partial charge in [0.1, 0.15) is 6.54 Å². The number of hydrogen-bond acceptors (Lipinski definition) is 3. The van der Waals surface area contributed by atoms with Crippen molar-refractivity contribution in [2.24, 2.45) is 35.5 Å². The van der Waals surface area contributed by atoms with Crippen molar-refractivity contribution in [3.63, 3.8) is 0 Å². The normalized spacial score (nSPS) is 36.1. The van der Waals surface area contributed by atoms with E-state index in [4.69, 9.17) is 0 Å². The predicted octanol–water partition coefficient (Wildman–Crippen LogP) is 2.24. The highest BCUT2D eigenvalue weighted by Crippen LogP contribution is 2.65. The van der Waals surface area contributed by atoms with E-state index in [2.05, 4.69) is 17.5 Å². The summed E-state index contributed by atoms with van der Waals surface area (Å²) in [6.45, 7) is 1.84. The molecule has 5 nitrogen and oxygen atoms in total. The van der Waals surface area contributed by atoms with Gasteiger partial charge in [0, 0.05) is 5.69 Å². The lowest BCUT2D eigenvalue weighted by molar-refractivity contribution is -0.142. The molecule has 3 amide bonds. The maximum absolute atomic E-state index is 12.9. The molecule has 2 saturated carbocycles. The van der Waals surface area contributed by atoms with Crippen molar-refractivity contribution >= 4 is 23.4 Å². The number of imide groups is 1. The summed E-state index contributed by atoms with van der Waals surface area (Å²) in [4.78, 5) is 39.5. The summed E-state index contributed by atoms with van der Waals surface area (Å²) in [5, 5.41) is 2.87. The Balaban J connectivity index is 1.33. The minimum absolute atomic E-state index is 0.149. The molecule has 26 heavy (non-hydrogen) atoms. The number of carbonyl (C=O) groups is 3. The van der Waals surface area contributed by atoms with E-state index in [9.17, 15) is 14.4 Å². The summed E-state index contributed by atoms with van der Waals surface area (Å²) < 4.78 is 0. The number of carbonyl (C=O) groups excluding carboxylic acids is 3. The first-order valence-electron chi connectivity index (χ1n) is 9.51. The Morgan fingerprint density at radius 2 is 1.69 bits per heavy atom. The van der Waals surface area contributed by atoms with E-state index in [1.165, 1.54) is 4.90 Å². The second kappa shape index (κ2) is 5.53. The van der Waals surface area contributed by atoms with Crippen molar-refractivity contribution in [1.29, 1.82) is 0 Å². The zero-order valence-electron chi connectivity index (χ0n) is 14.7. The highest BCUT2D eigenvalue weighted by molar-refractivity contribution is 6.09. The van der Waals surface area contributed by atoms with Crippen LogP contribution in [-0.4, -0.2) is 29.2 Å². The Hall–Kier alpha value is -2.43. The first-order valence-corrected chi connectivity index (χ1v) is 9.51. The quantitative estimate of drug-likeness (QED) is 0.669. The molecular weight excluding hydrogens is 328 g/mol. The van der Waals surface area contributed by atoms with Gasteiger partial charge in [-0.25, -0.2) is 0 Å². The van der Waals surface area contributed by atoms with Crippen molar-refractivity contribution in [3.05, 3.63) is 42.0 Å². The molecule has 6 rings (SSSR count). The molecule has 1 heterocycles. The van der Waals surface area contributed by atoms with Crippen LogP contribution in [0, 0.1) is 35.5 Å². The number of aryl methyl sites for hydroxylation is 1. The van der Waals surface area contributed by atoms with E-state index in [-0.39, 0.29) is 47.9 Å². The van der Waals surface area contributed by atoms with Gasteiger partial charge < -0.3 is 5.32 Å².